The van der Waals surface area contributed by atoms with Gasteiger partial charge in [0.05, 0.1) is 6.26 Å². The summed E-state index contributed by atoms with van der Waals surface area (Å²) in [6.07, 6.45) is 0.924. The number of hydrogen-bond acceptors (Lipinski definition) is 5. The van der Waals surface area contributed by atoms with Gasteiger partial charge in [0.15, 0.2) is 0 Å². The Hall–Kier alpha value is -2.08. The molecule has 2 rings (SSSR count). The van der Waals surface area contributed by atoms with Crippen molar-refractivity contribution in [3.05, 3.63) is 47.8 Å². The number of hydrogen-bond donors (Lipinski definition) is 1. The van der Waals surface area contributed by atoms with Gasteiger partial charge in [-0.15, -0.1) is 0 Å². The number of phenolic OH excluding ortho intramolecular Hbond substituents is 1. The molecule has 0 aliphatic heterocycles. The van der Waals surface area contributed by atoms with Gasteiger partial charge in [0.1, 0.15) is 11.1 Å². The van der Waals surface area contributed by atoms with Crippen molar-refractivity contribution < 1.29 is 17.8 Å². The van der Waals surface area contributed by atoms with Crippen LogP contribution < -0.4 is 5.36 Å². The molecule has 0 spiro atoms. The predicted molar refractivity (Wildman–Crippen MR) is 67.1 cm³/mol. The highest BCUT2D eigenvalue weighted by molar-refractivity contribution is 7.85. The molecule has 0 aromatic heterocycles. The second kappa shape index (κ2) is 4.66. The fraction of sp³-hybridized carbons (Fsp3) is 0.0833. The maximum absolute atomic E-state index is 10.9. The van der Waals surface area contributed by atoms with Crippen LogP contribution in [0.1, 0.15) is 0 Å². The smallest absolute Gasteiger partial charge is 0.325 e. The highest BCUT2D eigenvalue weighted by atomic mass is 32.2. The summed E-state index contributed by atoms with van der Waals surface area (Å²) in [5.74, 6) is 0.128. The van der Waals surface area contributed by atoms with Crippen LogP contribution in [0.15, 0.2) is 47.6 Å². The van der Waals surface area contributed by atoms with Gasteiger partial charge >= 0.3 is 10.1 Å². The molecule has 0 bridgehead atoms. The molecule has 2 aromatic rings. The molecule has 0 unspecified atom stereocenters. The van der Waals surface area contributed by atoms with E-state index < -0.39 is 10.1 Å². The molecule has 0 atom stereocenters. The topological polar surface area (TPSA) is 76.0 Å². The summed E-state index contributed by atoms with van der Waals surface area (Å²) in [5, 5.41) is 14.8. The molecule has 94 valence electrons. The lowest BCUT2D eigenvalue weighted by Crippen LogP contribution is -2.05. The average Bonchev–Trinajstić information content (AvgIpc) is 2.47. The van der Waals surface area contributed by atoms with Gasteiger partial charge in [0.25, 0.3) is 0 Å². The van der Waals surface area contributed by atoms with Crippen molar-refractivity contribution in [2.24, 2.45) is 5.16 Å². The van der Waals surface area contributed by atoms with Gasteiger partial charge in [-0.05, 0) is 29.7 Å². The van der Waals surface area contributed by atoms with E-state index in [4.69, 9.17) is 0 Å². The molecule has 0 radical (unpaired) electrons. The van der Waals surface area contributed by atoms with Crippen LogP contribution in [0, 0.1) is 0 Å². The first-order valence-corrected chi connectivity index (χ1v) is 6.92. The minimum atomic E-state index is -3.64. The zero-order valence-electron chi connectivity index (χ0n) is 9.57. The van der Waals surface area contributed by atoms with E-state index in [-0.39, 0.29) is 5.75 Å². The largest absolute Gasteiger partial charge is 0.508 e. The van der Waals surface area contributed by atoms with Crippen molar-refractivity contribution in [2.75, 3.05) is 6.26 Å². The zero-order chi connectivity index (χ0) is 13.2. The Bertz CT molecular complexity index is 753. The third-order valence-corrected chi connectivity index (χ3v) is 2.57. The van der Waals surface area contributed by atoms with Crippen molar-refractivity contribution in [3.8, 4) is 5.75 Å². The van der Waals surface area contributed by atoms with E-state index in [9.17, 15) is 13.5 Å². The van der Waals surface area contributed by atoms with Crippen LogP contribution in [0.5, 0.6) is 5.75 Å². The third-order valence-electron chi connectivity index (χ3n) is 2.22. The maximum Gasteiger partial charge on any atom is 0.325 e. The van der Waals surface area contributed by atoms with Crippen LogP contribution in [0.4, 0.5) is 0 Å². The summed E-state index contributed by atoms with van der Waals surface area (Å²) >= 11 is 0. The molecule has 0 aliphatic carbocycles. The van der Waals surface area contributed by atoms with E-state index >= 15 is 0 Å². The standard InChI is InChI=1S/C12H11NO4S/c1-18(15,16)17-13-12-5-3-2-4-9-8-10(14)6-7-11(9)12/h2-8,14H,1H3/b13-12+. The molecule has 0 amide bonds. The second-order valence-electron chi connectivity index (χ2n) is 3.74. The lowest BCUT2D eigenvalue weighted by molar-refractivity contribution is 0.329. The lowest BCUT2D eigenvalue weighted by atomic mass is 10.2. The van der Waals surface area contributed by atoms with Gasteiger partial charge in [0, 0.05) is 5.39 Å². The Kier molecular flexibility index (Phi) is 3.20. The van der Waals surface area contributed by atoms with E-state index in [0.29, 0.717) is 10.7 Å². The lowest BCUT2D eigenvalue weighted by Gasteiger charge is -1.96. The molecule has 18 heavy (non-hydrogen) atoms. The van der Waals surface area contributed by atoms with Crippen LogP contribution in [0.2, 0.25) is 0 Å². The third kappa shape index (κ3) is 2.98. The minimum absolute atomic E-state index is 0.128. The molecule has 0 aliphatic rings. The molecule has 0 heterocycles. The van der Waals surface area contributed by atoms with Crippen LogP contribution in [0.3, 0.4) is 0 Å². The molecule has 0 saturated heterocycles. The molecule has 2 aromatic carbocycles. The van der Waals surface area contributed by atoms with Crippen LogP contribution in [-0.4, -0.2) is 19.8 Å². The van der Waals surface area contributed by atoms with Gasteiger partial charge in [-0.3, -0.25) is 4.28 Å². The summed E-state index contributed by atoms with van der Waals surface area (Å²) in [4.78, 5) is 0. The Morgan fingerprint density at radius 3 is 2.61 bits per heavy atom. The minimum Gasteiger partial charge on any atom is -0.508 e. The average molecular weight is 265 g/mol. The van der Waals surface area contributed by atoms with Crippen molar-refractivity contribution in [3.63, 3.8) is 0 Å². The first-order chi connectivity index (χ1) is 8.46. The molecule has 0 saturated carbocycles. The second-order valence-corrected chi connectivity index (χ2v) is 5.30. The number of phenols is 1. The Morgan fingerprint density at radius 2 is 1.89 bits per heavy atom. The van der Waals surface area contributed by atoms with Crippen molar-refractivity contribution >= 4 is 20.9 Å². The summed E-state index contributed by atoms with van der Waals surface area (Å²) in [7, 11) is -3.64. The highest BCUT2D eigenvalue weighted by Gasteiger charge is 2.00. The predicted octanol–water partition coefficient (Wildman–Crippen LogP) is 1.34. The maximum atomic E-state index is 10.9. The van der Waals surface area contributed by atoms with Gasteiger partial charge in [0.2, 0.25) is 0 Å². The zero-order valence-corrected chi connectivity index (χ0v) is 10.4. The van der Waals surface area contributed by atoms with Crippen LogP contribution in [-0.2, 0) is 14.4 Å². The van der Waals surface area contributed by atoms with Crippen LogP contribution in [0.25, 0.3) is 10.8 Å². The van der Waals surface area contributed by atoms with E-state index in [1.54, 1.807) is 36.4 Å². The molecular weight excluding hydrogens is 254 g/mol. The first kappa shape index (κ1) is 12.4. The Morgan fingerprint density at radius 1 is 1.17 bits per heavy atom. The van der Waals surface area contributed by atoms with Gasteiger partial charge in [-0.2, -0.15) is 8.42 Å². The Balaban J connectivity index is 2.72. The van der Waals surface area contributed by atoms with Crippen LogP contribution >= 0.6 is 0 Å². The number of nitrogens with zero attached hydrogens (tertiary/aromatic N) is 1. The monoisotopic (exact) mass is 265 g/mol. The molecule has 6 heteroatoms. The summed E-state index contributed by atoms with van der Waals surface area (Å²) in [6, 6.07) is 11.6. The fourth-order valence-electron chi connectivity index (χ4n) is 1.50. The highest BCUT2D eigenvalue weighted by Crippen LogP contribution is 2.16. The Labute approximate surface area is 104 Å². The fourth-order valence-corrected chi connectivity index (χ4v) is 1.72. The number of benzene rings is 1. The normalized spacial score (nSPS) is 12.6. The SMILES string of the molecule is CS(=O)(=O)O/N=c1\ccccc2cc(O)ccc12. The number of rotatable bonds is 2. The number of aromatic hydroxyl groups is 1. The van der Waals surface area contributed by atoms with Gasteiger partial charge in [-0.1, -0.05) is 23.4 Å². The molecule has 5 nitrogen and oxygen atoms in total. The summed E-state index contributed by atoms with van der Waals surface area (Å²) < 4.78 is 26.3. The summed E-state index contributed by atoms with van der Waals surface area (Å²) in [6.45, 7) is 0. The quantitative estimate of drug-likeness (QED) is 0.831. The van der Waals surface area contributed by atoms with Crippen molar-refractivity contribution in [2.45, 2.75) is 0 Å². The van der Waals surface area contributed by atoms with Gasteiger partial charge < -0.3 is 5.11 Å². The van der Waals surface area contributed by atoms with Crippen molar-refractivity contribution in [1.29, 1.82) is 0 Å². The first-order valence-electron chi connectivity index (χ1n) is 5.10. The summed E-state index contributed by atoms with van der Waals surface area (Å²) in [5.41, 5.74) is 0. The van der Waals surface area contributed by atoms with E-state index in [0.717, 1.165) is 11.6 Å². The molecular formula is C12H11NO4S. The van der Waals surface area contributed by atoms with Gasteiger partial charge in [-0.25, -0.2) is 0 Å². The number of fused-ring (bicyclic) bond motifs is 1. The molecule has 0 fully saturated rings. The van der Waals surface area contributed by atoms with E-state index in [2.05, 4.69) is 9.44 Å². The van der Waals surface area contributed by atoms with Crippen molar-refractivity contribution in [1.82, 2.24) is 0 Å². The van der Waals surface area contributed by atoms with E-state index in [1.165, 1.54) is 6.07 Å². The molecule has 1 N–H and O–H groups in total. The van der Waals surface area contributed by atoms with E-state index in [1.807, 2.05) is 0 Å².